The van der Waals surface area contributed by atoms with Crippen LogP contribution in [0.3, 0.4) is 0 Å². The van der Waals surface area contributed by atoms with Gasteiger partial charge in [0.2, 0.25) is 0 Å². The number of aromatic hydroxyl groups is 1. The molecule has 1 aromatic rings. The molecule has 0 unspecified atom stereocenters. The Morgan fingerprint density at radius 3 is 2.72 bits per heavy atom. The van der Waals surface area contributed by atoms with Gasteiger partial charge in [-0.1, -0.05) is 33.6 Å². The number of benzene rings is 1. The third kappa shape index (κ3) is 2.72. The fraction of sp³-hybridized carbons (Fsp3) is 0.385. The number of nitrogens with one attached hydrogen (secondary N) is 1. The van der Waals surface area contributed by atoms with E-state index in [0.29, 0.717) is 5.02 Å². The van der Waals surface area contributed by atoms with Crippen molar-refractivity contribution in [3.05, 3.63) is 39.8 Å². The van der Waals surface area contributed by atoms with Gasteiger partial charge in [-0.05, 0) is 12.1 Å². The van der Waals surface area contributed by atoms with Gasteiger partial charge in [0.25, 0.3) is 0 Å². The lowest BCUT2D eigenvalue weighted by atomic mass is 10.0. The van der Waals surface area contributed by atoms with Gasteiger partial charge in [-0.2, -0.15) is 0 Å². The highest BCUT2D eigenvalue weighted by Crippen LogP contribution is 2.39. The lowest BCUT2D eigenvalue weighted by Gasteiger charge is -2.34. The second-order valence-electron chi connectivity index (χ2n) is 4.26. The van der Waals surface area contributed by atoms with Crippen molar-refractivity contribution in [2.24, 2.45) is 0 Å². The molecule has 0 spiro atoms. The largest absolute Gasteiger partial charge is 0.506 e. The molecular formula is C13H16BrClN2O. The molecule has 2 N–H and O–H groups in total. The predicted octanol–water partition coefficient (Wildman–Crippen LogP) is 2.94. The van der Waals surface area contributed by atoms with Gasteiger partial charge in [0.15, 0.2) is 0 Å². The van der Waals surface area contributed by atoms with Crippen molar-refractivity contribution in [3.8, 4) is 5.75 Å². The van der Waals surface area contributed by atoms with E-state index < -0.39 is 0 Å². The Bertz CT molecular complexity index is 447. The van der Waals surface area contributed by atoms with Crippen LogP contribution >= 0.6 is 27.5 Å². The molecule has 0 amide bonds. The average Bonchev–Trinajstić information content (AvgIpc) is 2.40. The standard InChI is InChI=1S/C13H16BrClN2O/c1-2-11(17-7-5-16-6-8-17)12-9(14)3-4-10(15)13(12)18/h2-4,11,16,18H,1,5-8H2/t11-/m0/s1. The minimum atomic E-state index is -0.0276. The van der Waals surface area contributed by atoms with E-state index in [4.69, 9.17) is 11.6 Å². The van der Waals surface area contributed by atoms with Crippen molar-refractivity contribution in [1.82, 2.24) is 10.2 Å². The van der Waals surface area contributed by atoms with Crippen LogP contribution < -0.4 is 5.32 Å². The Kier molecular flexibility index (Phi) is 4.67. The smallest absolute Gasteiger partial charge is 0.140 e. The van der Waals surface area contributed by atoms with E-state index in [1.54, 1.807) is 6.07 Å². The molecule has 5 heteroatoms. The van der Waals surface area contributed by atoms with Crippen molar-refractivity contribution in [2.75, 3.05) is 26.2 Å². The minimum absolute atomic E-state index is 0.0276. The number of phenolic OH excluding ortho intramolecular Hbond substituents is 1. The van der Waals surface area contributed by atoms with Gasteiger partial charge in [-0.25, -0.2) is 0 Å². The Hall–Kier alpha value is -0.550. The molecule has 0 saturated carbocycles. The Morgan fingerprint density at radius 1 is 1.44 bits per heavy atom. The van der Waals surface area contributed by atoms with Gasteiger partial charge in [0, 0.05) is 36.2 Å². The third-order valence-electron chi connectivity index (χ3n) is 3.18. The summed E-state index contributed by atoms with van der Waals surface area (Å²) in [7, 11) is 0. The molecular weight excluding hydrogens is 316 g/mol. The van der Waals surface area contributed by atoms with Crippen LogP contribution in [0.4, 0.5) is 0 Å². The van der Waals surface area contributed by atoms with Gasteiger partial charge in [0.05, 0.1) is 11.1 Å². The number of hydrogen-bond acceptors (Lipinski definition) is 3. The second-order valence-corrected chi connectivity index (χ2v) is 5.52. The van der Waals surface area contributed by atoms with Crippen LogP contribution in [0.15, 0.2) is 29.3 Å². The lowest BCUT2D eigenvalue weighted by molar-refractivity contribution is 0.200. The molecule has 0 bridgehead atoms. The van der Waals surface area contributed by atoms with E-state index in [1.807, 2.05) is 12.1 Å². The molecule has 3 nitrogen and oxygen atoms in total. The first-order valence-corrected chi connectivity index (χ1v) is 7.06. The molecule has 1 aliphatic heterocycles. The molecule has 1 heterocycles. The fourth-order valence-electron chi connectivity index (χ4n) is 2.25. The SMILES string of the molecule is C=C[C@@H](c1c(Br)ccc(Cl)c1O)N1CCNCC1. The zero-order valence-electron chi connectivity index (χ0n) is 10.00. The van der Waals surface area contributed by atoms with Crippen LogP contribution in [0.5, 0.6) is 5.75 Å². The molecule has 1 saturated heterocycles. The number of halogens is 2. The van der Waals surface area contributed by atoms with E-state index >= 15 is 0 Å². The lowest BCUT2D eigenvalue weighted by Crippen LogP contribution is -2.44. The van der Waals surface area contributed by atoms with Crippen molar-refractivity contribution < 1.29 is 5.11 Å². The van der Waals surface area contributed by atoms with Gasteiger partial charge >= 0.3 is 0 Å². The highest BCUT2D eigenvalue weighted by atomic mass is 79.9. The summed E-state index contributed by atoms with van der Waals surface area (Å²) in [4.78, 5) is 2.28. The van der Waals surface area contributed by atoms with Crippen LogP contribution in [0.25, 0.3) is 0 Å². The summed E-state index contributed by atoms with van der Waals surface area (Å²) in [6, 6.07) is 3.51. The zero-order chi connectivity index (χ0) is 13.1. The van der Waals surface area contributed by atoms with E-state index in [-0.39, 0.29) is 11.8 Å². The maximum absolute atomic E-state index is 10.2. The highest BCUT2D eigenvalue weighted by molar-refractivity contribution is 9.10. The van der Waals surface area contributed by atoms with E-state index in [9.17, 15) is 5.11 Å². The molecule has 1 fully saturated rings. The van der Waals surface area contributed by atoms with Gasteiger partial charge in [-0.15, -0.1) is 6.58 Å². The van der Waals surface area contributed by atoms with Crippen LogP contribution in [0, 0.1) is 0 Å². The van der Waals surface area contributed by atoms with Gasteiger partial charge in [-0.3, -0.25) is 4.90 Å². The van der Waals surface area contributed by atoms with Crippen molar-refractivity contribution >= 4 is 27.5 Å². The third-order valence-corrected chi connectivity index (χ3v) is 4.18. The average molecular weight is 332 g/mol. The second kappa shape index (κ2) is 6.06. The minimum Gasteiger partial charge on any atom is -0.506 e. The molecule has 1 aromatic carbocycles. The molecule has 0 radical (unpaired) electrons. The Morgan fingerprint density at radius 2 is 2.11 bits per heavy atom. The molecule has 1 atom stereocenters. The molecule has 1 aliphatic rings. The topological polar surface area (TPSA) is 35.5 Å². The summed E-state index contributed by atoms with van der Waals surface area (Å²) in [5.74, 6) is 0.134. The quantitative estimate of drug-likeness (QED) is 0.836. The molecule has 98 valence electrons. The van der Waals surface area contributed by atoms with E-state index in [0.717, 1.165) is 36.2 Å². The van der Waals surface area contributed by atoms with Gasteiger partial charge < -0.3 is 10.4 Å². The van der Waals surface area contributed by atoms with Crippen LogP contribution in [0.2, 0.25) is 5.02 Å². The highest BCUT2D eigenvalue weighted by Gasteiger charge is 2.24. The Labute approximate surface area is 121 Å². The first kappa shape index (κ1) is 13.9. The molecule has 2 rings (SSSR count). The summed E-state index contributed by atoms with van der Waals surface area (Å²) in [5, 5.41) is 13.8. The van der Waals surface area contributed by atoms with Crippen LogP contribution in [0.1, 0.15) is 11.6 Å². The van der Waals surface area contributed by atoms with Crippen molar-refractivity contribution in [1.29, 1.82) is 0 Å². The Balaban J connectivity index is 2.37. The summed E-state index contributed by atoms with van der Waals surface area (Å²) in [5.41, 5.74) is 0.791. The van der Waals surface area contributed by atoms with Crippen molar-refractivity contribution in [2.45, 2.75) is 6.04 Å². The predicted molar refractivity (Wildman–Crippen MR) is 78.2 cm³/mol. The van der Waals surface area contributed by atoms with Crippen LogP contribution in [-0.2, 0) is 0 Å². The van der Waals surface area contributed by atoms with Gasteiger partial charge in [0.1, 0.15) is 5.75 Å². The first-order valence-electron chi connectivity index (χ1n) is 5.89. The van der Waals surface area contributed by atoms with Crippen molar-refractivity contribution in [3.63, 3.8) is 0 Å². The molecule has 0 aromatic heterocycles. The zero-order valence-corrected chi connectivity index (χ0v) is 12.3. The molecule has 0 aliphatic carbocycles. The monoisotopic (exact) mass is 330 g/mol. The maximum atomic E-state index is 10.2. The number of phenols is 1. The maximum Gasteiger partial charge on any atom is 0.140 e. The first-order chi connectivity index (χ1) is 8.65. The summed E-state index contributed by atoms with van der Waals surface area (Å²) < 4.78 is 0.854. The number of piperazine rings is 1. The fourth-order valence-corrected chi connectivity index (χ4v) is 2.97. The molecule has 18 heavy (non-hydrogen) atoms. The van der Waals surface area contributed by atoms with E-state index in [1.165, 1.54) is 0 Å². The normalized spacial score (nSPS) is 18.6. The van der Waals surface area contributed by atoms with Crippen LogP contribution in [-0.4, -0.2) is 36.2 Å². The summed E-state index contributed by atoms with van der Waals surface area (Å²) >= 11 is 9.47. The number of rotatable bonds is 3. The summed E-state index contributed by atoms with van der Waals surface area (Å²) in [6.45, 7) is 7.63. The number of nitrogens with zero attached hydrogens (tertiary/aromatic N) is 1. The number of hydrogen-bond donors (Lipinski definition) is 2. The van der Waals surface area contributed by atoms with E-state index in [2.05, 4.69) is 32.7 Å². The summed E-state index contributed by atoms with van der Waals surface area (Å²) in [6.07, 6.45) is 1.85.